The maximum atomic E-state index is 12.5. The van der Waals surface area contributed by atoms with Crippen LogP contribution in [-0.2, 0) is 4.79 Å². The molecule has 6 nitrogen and oxygen atoms in total. The number of aromatic nitrogens is 1. The molecule has 29 heavy (non-hydrogen) atoms. The molecule has 1 aromatic heterocycles. The zero-order chi connectivity index (χ0) is 20.8. The summed E-state index contributed by atoms with van der Waals surface area (Å²) in [5.41, 5.74) is 2.00. The molecule has 7 heteroatoms. The molecule has 0 fully saturated rings. The van der Waals surface area contributed by atoms with E-state index in [1.165, 1.54) is 11.3 Å². The third-order valence-corrected chi connectivity index (χ3v) is 5.60. The number of hydrogen-bond acceptors (Lipinski definition) is 5. The van der Waals surface area contributed by atoms with Crippen molar-refractivity contribution in [2.24, 2.45) is 5.92 Å². The van der Waals surface area contributed by atoms with Crippen LogP contribution >= 0.6 is 11.3 Å². The molecule has 152 valence electrons. The van der Waals surface area contributed by atoms with Gasteiger partial charge in [-0.25, -0.2) is 4.98 Å². The van der Waals surface area contributed by atoms with Crippen molar-refractivity contribution >= 4 is 44.2 Å². The van der Waals surface area contributed by atoms with Gasteiger partial charge in [-0.1, -0.05) is 25.2 Å². The highest BCUT2D eigenvalue weighted by atomic mass is 32.1. The number of ether oxygens (including phenoxy) is 1. The number of thiazole rings is 1. The highest BCUT2D eigenvalue weighted by molar-refractivity contribution is 7.22. The molecule has 2 aromatic carbocycles. The average molecular weight is 412 g/mol. The fourth-order valence-electron chi connectivity index (χ4n) is 2.99. The van der Waals surface area contributed by atoms with Crippen LogP contribution in [0.25, 0.3) is 10.2 Å². The van der Waals surface area contributed by atoms with Gasteiger partial charge in [0.1, 0.15) is 5.75 Å². The fourth-order valence-corrected chi connectivity index (χ4v) is 3.88. The Morgan fingerprint density at radius 3 is 2.41 bits per heavy atom. The first-order valence-corrected chi connectivity index (χ1v) is 10.6. The van der Waals surface area contributed by atoms with Crippen molar-refractivity contribution in [2.45, 2.75) is 33.6 Å². The topological polar surface area (TPSA) is 80.3 Å². The Morgan fingerprint density at radius 2 is 1.76 bits per heavy atom. The monoisotopic (exact) mass is 411 g/mol. The van der Waals surface area contributed by atoms with E-state index in [0.29, 0.717) is 23.0 Å². The zero-order valence-electron chi connectivity index (χ0n) is 16.8. The largest absolute Gasteiger partial charge is 0.494 e. The first-order chi connectivity index (χ1) is 14.0. The van der Waals surface area contributed by atoms with Crippen LogP contribution in [0, 0.1) is 5.92 Å². The predicted octanol–water partition coefficient (Wildman–Crippen LogP) is 5.32. The number of anilines is 2. The maximum Gasteiger partial charge on any atom is 0.257 e. The van der Waals surface area contributed by atoms with Crippen molar-refractivity contribution in [3.63, 3.8) is 0 Å². The lowest BCUT2D eigenvalue weighted by atomic mass is 10.0. The van der Waals surface area contributed by atoms with Gasteiger partial charge in [-0.15, -0.1) is 0 Å². The van der Waals surface area contributed by atoms with E-state index in [2.05, 4.69) is 15.6 Å². The number of nitrogens with zero attached hydrogens (tertiary/aromatic N) is 1. The number of fused-ring (bicyclic) bond motifs is 1. The van der Waals surface area contributed by atoms with Gasteiger partial charge in [-0.3, -0.25) is 14.9 Å². The second-order valence-corrected chi connectivity index (χ2v) is 7.65. The molecular weight excluding hydrogens is 386 g/mol. The van der Waals surface area contributed by atoms with Gasteiger partial charge in [-0.05, 0) is 62.2 Å². The quantitative estimate of drug-likeness (QED) is 0.525. The normalized spacial score (nSPS) is 10.9. The predicted molar refractivity (Wildman–Crippen MR) is 118 cm³/mol. The van der Waals surface area contributed by atoms with Crippen molar-refractivity contribution in [1.82, 2.24) is 4.98 Å². The molecule has 0 atom stereocenters. The molecule has 0 saturated carbocycles. The highest BCUT2D eigenvalue weighted by Gasteiger charge is 2.15. The molecular formula is C22H25N3O3S. The van der Waals surface area contributed by atoms with Gasteiger partial charge in [0.2, 0.25) is 5.91 Å². The van der Waals surface area contributed by atoms with E-state index in [4.69, 9.17) is 4.74 Å². The Hall–Kier alpha value is -2.93. The number of nitrogens with one attached hydrogen (secondary N) is 2. The summed E-state index contributed by atoms with van der Waals surface area (Å²) in [5, 5.41) is 6.27. The van der Waals surface area contributed by atoms with Crippen LogP contribution in [0.2, 0.25) is 0 Å². The van der Waals surface area contributed by atoms with Crippen LogP contribution < -0.4 is 15.4 Å². The average Bonchev–Trinajstić information content (AvgIpc) is 3.11. The summed E-state index contributed by atoms with van der Waals surface area (Å²) in [4.78, 5) is 29.2. The van der Waals surface area contributed by atoms with Crippen molar-refractivity contribution in [3.8, 4) is 5.75 Å². The Labute approximate surface area is 174 Å². The van der Waals surface area contributed by atoms with Gasteiger partial charge >= 0.3 is 0 Å². The number of benzene rings is 2. The minimum atomic E-state index is -0.244. The number of carbonyl (C=O) groups is 2. The van der Waals surface area contributed by atoms with Gasteiger partial charge in [0, 0.05) is 17.2 Å². The molecule has 1 heterocycles. The minimum absolute atomic E-state index is 0.000234. The molecule has 0 aliphatic heterocycles. The van der Waals surface area contributed by atoms with Crippen LogP contribution in [0.5, 0.6) is 5.75 Å². The first kappa shape index (κ1) is 20.8. The van der Waals surface area contributed by atoms with Gasteiger partial charge in [0.15, 0.2) is 5.13 Å². The van der Waals surface area contributed by atoms with E-state index in [0.717, 1.165) is 28.8 Å². The second-order valence-electron chi connectivity index (χ2n) is 6.62. The van der Waals surface area contributed by atoms with Crippen molar-refractivity contribution in [2.75, 3.05) is 17.2 Å². The van der Waals surface area contributed by atoms with Gasteiger partial charge in [0.05, 0.1) is 16.8 Å². The van der Waals surface area contributed by atoms with E-state index in [-0.39, 0.29) is 17.7 Å². The van der Waals surface area contributed by atoms with Gasteiger partial charge in [-0.2, -0.15) is 0 Å². The molecule has 0 aliphatic rings. The van der Waals surface area contributed by atoms with Gasteiger partial charge in [0.25, 0.3) is 5.91 Å². The molecule has 0 unspecified atom stereocenters. The Morgan fingerprint density at radius 1 is 1.03 bits per heavy atom. The summed E-state index contributed by atoms with van der Waals surface area (Å²) in [6.07, 6.45) is 1.61. The summed E-state index contributed by atoms with van der Waals surface area (Å²) in [5.74, 6) is 0.549. The molecule has 0 saturated heterocycles. The third-order valence-electron chi connectivity index (χ3n) is 4.66. The fraction of sp³-hybridized carbons (Fsp3) is 0.318. The van der Waals surface area contributed by atoms with E-state index < -0.39 is 0 Å². The van der Waals surface area contributed by atoms with Gasteiger partial charge < -0.3 is 10.1 Å². The molecule has 0 radical (unpaired) electrons. The lowest BCUT2D eigenvalue weighted by Gasteiger charge is -2.13. The number of hydrogen-bond donors (Lipinski definition) is 2. The molecule has 3 rings (SSSR count). The Bertz CT molecular complexity index is 994. The summed E-state index contributed by atoms with van der Waals surface area (Å²) in [6, 6.07) is 12.5. The lowest BCUT2D eigenvalue weighted by molar-refractivity contribution is -0.120. The summed E-state index contributed by atoms with van der Waals surface area (Å²) in [6.45, 7) is 6.54. The molecule has 2 N–H and O–H groups in total. The van der Waals surface area contributed by atoms with Crippen molar-refractivity contribution < 1.29 is 14.3 Å². The van der Waals surface area contributed by atoms with Crippen LogP contribution in [0.15, 0.2) is 42.5 Å². The van der Waals surface area contributed by atoms with Crippen LogP contribution in [0.4, 0.5) is 10.8 Å². The number of carbonyl (C=O) groups excluding carboxylic acids is 2. The van der Waals surface area contributed by atoms with Crippen LogP contribution in [0.3, 0.4) is 0 Å². The third kappa shape index (κ3) is 5.12. The number of rotatable bonds is 8. The van der Waals surface area contributed by atoms with Crippen molar-refractivity contribution in [3.05, 3.63) is 48.0 Å². The summed E-state index contributed by atoms with van der Waals surface area (Å²) < 4.78 is 6.45. The molecule has 3 aromatic rings. The molecule has 0 aliphatic carbocycles. The van der Waals surface area contributed by atoms with E-state index in [9.17, 15) is 9.59 Å². The van der Waals surface area contributed by atoms with E-state index in [1.807, 2.05) is 39.0 Å². The second kappa shape index (κ2) is 9.52. The maximum absolute atomic E-state index is 12.5. The smallest absolute Gasteiger partial charge is 0.257 e. The van der Waals surface area contributed by atoms with Crippen LogP contribution in [-0.4, -0.2) is 23.4 Å². The highest BCUT2D eigenvalue weighted by Crippen LogP contribution is 2.29. The zero-order valence-corrected chi connectivity index (χ0v) is 17.6. The summed E-state index contributed by atoms with van der Waals surface area (Å²) >= 11 is 1.40. The summed E-state index contributed by atoms with van der Waals surface area (Å²) in [7, 11) is 0. The Kier molecular flexibility index (Phi) is 6.82. The minimum Gasteiger partial charge on any atom is -0.494 e. The lowest BCUT2D eigenvalue weighted by Crippen LogP contribution is -2.21. The molecule has 0 bridgehead atoms. The number of amides is 2. The van der Waals surface area contributed by atoms with Crippen molar-refractivity contribution in [1.29, 1.82) is 0 Å². The first-order valence-electron chi connectivity index (χ1n) is 9.79. The van der Waals surface area contributed by atoms with Crippen LogP contribution in [0.1, 0.15) is 44.0 Å². The molecule has 2 amide bonds. The van der Waals surface area contributed by atoms with E-state index in [1.54, 1.807) is 24.3 Å². The standard InChI is InChI=1S/C22H25N3O3S/c1-4-14(5-2)20(26)23-16-9-7-15(8-10-16)21(27)25-22-24-18-12-11-17(28-6-3)13-19(18)29-22/h7-14H,4-6H2,1-3H3,(H,23,26)(H,24,25,27). The molecule has 0 spiro atoms. The Balaban J connectivity index is 1.66. The van der Waals surface area contributed by atoms with E-state index >= 15 is 0 Å². The SMILES string of the molecule is CCOc1ccc2nc(NC(=O)c3ccc(NC(=O)C(CC)CC)cc3)sc2c1.